The number of hydrogen-bond donors (Lipinski definition) is 3. The first kappa shape index (κ1) is 31.9. The van der Waals surface area contributed by atoms with Gasteiger partial charge in [0.15, 0.2) is 11.5 Å². The number of nitrogens with two attached hydrogens (primary N) is 1. The van der Waals surface area contributed by atoms with E-state index in [1.807, 2.05) is 13.8 Å². The fourth-order valence-electron chi connectivity index (χ4n) is 5.87. The predicted molar refractivity (Wildman–Crippen MR) is 163 cm³/mol. The minimum absolute atomic E-state index is 0.00576. The zero-order chi connectivity index (χ0) is 33.1. The van der Waals surface area contributed by atoms with Crippen LogP contribution in [-0.2, 0) is 13.2 Å². The summed E-state index contributed by atoms with van der Waals surface area (Å²) in [5, 5.41) is 9.56. The van der Waals surface area contributed by atoms with Gasteiger partial charge < -0.3 is 30.7 Å². The summed E-state index contributed by atoms with van der Waals surface area (Å²) in [6.45, 7) is 5.43. The number of halogens is 4. The summed E-state index contributed by atoms with van der Waals surface area (Å²) in [4.78, 5) is 46.5. The van der Waals surface area contributed by atoms with Crippen LogP contribution in [0.4, 0.5) is 23.7 Å². The van der Waals surface area contributed by atoms with Crippen molar-refractivity contribution in [2.24, 2.45) is 18.2 Å². The van der Waals surface area contributed by atoms with Gasteiger partial charge in [0.05, 0.1) is 34.1 Å². The summed E-state index contributed by atoms with van der Waals surface area (Å²) in [7, 11) is 1.45. The molecule has 0 radical (unpaired) electrons. The molecule has 3 fully saturated rings. The Morgan fingerprint density at radius 3 is 2.35 bits per heavy atom. The van der Waals surface area contributed by atoms with Gasteiger partial charge in [-0.25, -0.2) is 9.78 Å². The third kappa shape index (κ3) is 5.93. The molecule has 2 atom stereocenters. The highest BCUT2D eigenvalue weighted by Crippen LogP contribution is 2.41. The van der Waals surface area contributed by atoms with Gasteiger partial charge in [-0.15, -0.1) is 0 Å². The van der Waals surface area contributed by atoms with Crippen LogP contribution in [0.2, 0.25) is 5.02 Å². The average Bonchev–Trinajstić information content (AvgIpc) is 3.63. The summed E-state index contributed by atoms with van der Waals surface area (Å²) in [6, 6.07) is 4.24. The molecule has 12 nitrogen and oxygen atoms in total. The monoisotopic (exact) mass is 661 g/mol. The minimum Gasteiger partial charge on any atom is -0.335 e. The van der Waals surface area contributed by atoms with Crippen molar-refractivity contribution in [2.75, 3.05) is 31.5 Å². The number of urea groups is 1. The summed E-state index contributed by atoms with van der Waals surface area (Å²) >= 11 is 6.46. The summed E-state index contributed by atoms with van der Waals surface area (Å²) < 4.78 is 43.9. The van der Waals surface area contributed by atoms with E-state index in [9.17, 15) is 27.6 Å². The van der Waals surface area contributed by atoms with E-state index in [2.05, 4.69) is 20.7 Å². The van der Waals surface area contributed by atoms with Crippen LogP contribution < -0.4 is 16.4 Å². The molecule has 3 aliphatic rings. The molecule has 2 aliphatic carbocycles. The van der Waals surface area contributed by atoms with Crippen molar-refractivity contribution < 1.29 is 27.6 Å². The Morgan fingerprint density at radius 1 is 1.09 bits per heavy atom. The van der Waals surface area contributed by atoms with E-state index >= 15 is 0 Å². The Hall–Kier alpha value is -4.11. The average molecular weight is 662 g/mol. The number of piperazine rings is 1. The molecule has 4 N–H and O–H groups in total. The van der Waals surface area contributed by atoms with Crippen molar-refractivity contribution in [1.29, 1.82) is 0 Å². The number of hydrogen-bond acceptors (Lipinski definition) is 6. The number of carbonyl (C=O) groups excluding carboxylic acids is 3. The Bertz CT molecular complexity index is 1690. The maximum Gasteiger partial charge on any atom is 0.435 e. The Kier molecular flexibility index (Phi) is 8.03. The van der Waals surface area contributed by atoms with Crippen LogP contribution in [0.1, 0.15) is 65.8 Å². The van der Waals surface area contributed by atoms with Gasteiger partial charge in [-0.1, -0.05) is 25.4 Å². The predicted octanol–water partition coefficient (Wildman–Crippen LogP) is 4.14. The highest BCUT2D eigenvalue weighted by atomic mass is 35.5. The second-order valence-electron chi connectivity index (χ2n) is 12.7. The summed E-state index contributed by atoms with van der Waals surface area (Å²) in [6.07, 6.45) is 0.118. The molecule has 4 amide bonds. The molecular weight excluding hydrogens is 627 g/mol. The molecule has 1 aromatic carbocycles. The molecule has 46 heavy (non-hydrogen) atoms. The first-order valence-electron chi connectivity index (χ1n) is 15.0. The normalized spacial score (nSPS) is 21.1. The van der Waals surface area contributed by atoms with E-state index < -0.39 is 17.8 Å². The number of amides is 4. The third-order valence-corrected chi connectivity index (χ3v) is 9.65. The van der Waals surface area contributed by atoms with Gasteiger partial charge in [0, 0.05) is 62.6 Å². The van der Waals surface area contributed by atoms with Crippen LogP contribution in [0.3, 0.4) is 0 Å². The SMILES string of the molecule is Cn1c(-c2cn(C3CC3)nc2C(F)(F)F)cnc1C(=O)Nc1ccc(C(=O)N2CCN(C(=O)N[C@@H]3C[C@H](N)C3(C)C)CC2)c(Cl)c1. The van der Waals surface area contributed by atoms with Gasteiger partial charge in [-0.05, 0) is 37.5 Å². The fourth-order valence-corrected chi connectivity index (χ4v) is 6.13. The smallest absolute Gasteiger partial charge is 0.335 e. The second kappa shape index (κ2) is 11.6. The highest BCUT2D eigenvalue weighted by Gasteiger charge is 2.47. The van der Waals surface area contributed by atoms with Crippen LogP contribution in [0.25, 0.3) is 11.3 Å². The number of nitrogens with zero attached hydrogens (tertiary/aromatic N) is 6. The molecule has 3 aromatic rings. The van der Waals surface area contributed by atoms with Crippen LogP contribution in [0.5, 0.6) is 0 Å². The van der Waals surface area contributed by atoms with Gasteiger partial charge >= 0.3 is 12.2 Å². The zero-order valence-corrected chi connectivity index (χ0v) is 26.3. The summed E-state index contributed by atoms with van der Waals surface area (Å²) in [5.41, 5.74) is 5.29. The van der Waals surface area contributed by atoms with Gasteiger partial charge in [-0.3, -0.25) is 14.3 Å². The quantitative estimate of drug-likeness (QED) is 0.363. The zero-order valence-electron chi connectivity index (χ0n) is 25.6. The number of anilines is 1. The third-order valence-electron chi connectivity index (χ3n) is 9.34. The maximum atomic E-state index is 13.8. The Balaban J connectivity index is 1.08. The summed E-state index contributed by atoms with van der Waals surface area (Å²) in [5.74, 6) is -1.10. The molecule has 2 saturated carbocycles. The van der Waals surface area contributed by atoms with E-state index in [-0.39, 0.29) is 68.8 Å². The standard InChI is InChI=1S/C30H35ClF3N9O3/c1-29(2)22(35)13-23(29)38-28(46)42-10-8-41(9-11-42)27(45)18-7-4-16(12-20(18)31)37-26(44)25-36-14-21(40(25)3)19-15-43(17-5-6-17)39-24(19)30(32,33)34/h4,7,12,14-15,17,22-23H,5-6,8-11,13,35H2,1-3H3,(H,37,44)(H,38,46)/t22-,23+/m0/s1. The lowest BCUT2D eigenvalue weighted by molar-refractivity contribution is -0.141. The minimum atomic E-state index is -4.68. The van der Waals surface area contributed by atoms with Crippen LogP contribution >= 0.6 is 11.6 Å². The van der Waals surface area contributed by atoms with Crippen LogP contribution in [0.15, 0.2) is 30.6 Å². The molecule has 1 aliphatic heterocycles. The molecule has 246 valence electrons. The number of rotatable bonds is 6. The van der Waals surface area contributed by atoms with Crippen molar-refractivity contribution >= 4 is 35.1 Å². The molecule has 1 saturated heterocycles. The largest absolute Gasteiger partial charge is 0.435 e. The Morgan fingerprint density at radius 2 is 1.76 bits per heavy atom. The Labute approximate surface area is 268 Å². The van der Waals surface area contributed by atoms with E-state index in [0.29, 0.717) is 26.2 Å². The fraction of sp³-hybridized carbons (Fsp3) is 0.500. The lowest BCUT2D eigenvalue weighted by Crippen LogP contribution is -2.66. The van der Waals surface area contributed by atoms with Crippen molar-refractivity contribution in [3.63, 3.8) is 0 Å². The highest BCUT2D eigenvalue weighted by molar-refractivity contribution is 6.34. The van der Waals surface area contributed by atoms with Crippen molar-refractivity contribution in [3.8, 4) is 11.3 Å². The number of nitrogens with one attached hydrogen (secondary N) is 2. The van der Waals surface area contributed by atoms with Gasteiger partial charge in [0.1, 0.15) is 0 Å². The topological polar surface area (TPSA) is 143 Å². The van der Waals surface area contributed by atoms with E-state index in [1.165, 1.54) is 46.9 Å². The molecule has 2 aromatic heterocycles. The van der Waals surface area contributed by atoms with Crippen molar-refractivity contribution in [3.05, 3.63) is 52.7 Å². The first-order chi connectivity index (χ1) is 21.6. The molecule has 3 heterocycles. The molecule has 0 bridgehead atoms. The van der Waals surface area contributed by atoms with Crippen molar-refractivity contribution in [2.45, 2.75) is 57.4 Å². The number of alkyl halides is 3. The molecule has 0 spiro atoms. The van der Waals surface area contributed by atoms with Gasteiger partial charge in [0.2, 0.25) is 0 Å². The number of aromatic nitrogens is 4. The molecule has 6 rings (SSSR count). The lowest BCUT2D eigenvalue weighted by Gasteiger charge is -2.51. The first-order valence-corrected chi connectivity index (χ1v) is 15.4. The second-order valence-corrected chi connectivity index (χ2v) is 13.1. The lowest BCUT2D eigenvalue weighted by atomic mass is 9.63. The number of carbonyl (C=O) groups is 3. The number of benzene rings is 1. The van der Waals surface area contributed by atoms with Crippen LogP contribution in [-0.4, -0.2) is 85.2 Å². The molecular formula is C30H35ClF3N9O3. The maximum absolute atomic E-state index is 13.8. The molecule has 0 unspecified atom stereocenters. The van der Waals surface area contributed by atoms with Gasteiger partial charge in [-0.2, -0.15) is 18.3 Å². The van der Waals surface area contributed by atoms with Crippen LogP contribution in [0, 0.1) is 5.41 Å². The van der Waals surface area contributed by atoms with E-state index in [1.54, 1.807) is 9.80 Å². The number of imidazole rings is 1. The van der Waals surface area contributed by atoms with Crippen molar-refractivity contribution in [1.82, 2.24) is 34.4 Å². The van der Waals surface area contributed by atoms with Gasteiger partial charge in [0.25, 0.3) is 11.8 Å². The van der Waals surface area contributed by atoms with E-state index in [4.69, 9.17) is 17.3 Å². The van der Waals surface area contributed by atoms with E-state index in [0.717, 1.165) is 19.3 Å². The molecule has 16 heteroatoms.